The Balaban J connectivity index is 0.000000143. The van der Waals surface area contributed by atoms with Crippen LogP contribution in [0.5, 0.6) is 11.5 Å². The molecule has 0 radical (unpaired) electrons. The van der Waals surface area contributed by atoms with Gasteiger partial charge in [-0.3, -0.25) is 24.2 Å². The zero-order valence-corrected chi connectivity index (χ0v) is 85.7. The number of aromatic amines is 2. The Morgan fingerprint density at radius 3 is 0.944 bits per heavy atom. The number of nitrogens with one attached hydrogen (secondary N) is 10. The van der Waals surface area contributed by atoms with Gasteiger partial charge in [-0.2, -0.15) is 17.6 Å². The molecule has 10 N–H and O–H groups in total. The molecule has 0 bridgehead atoms. The number of fused-ring (bicyclic) bond motifs is 2. The maximum Gasteiger partial charge on any atom is 0.387 e. The highest BCUT2D eigenvalue weighted by Crippen LogP contribution is 2.40. The first-order valence-corrected chi connectivity index (χ1v) is 58.1. The number of thiazole rings is 4. The molecule has 142 heavy (non-hydrogen) atoms. The van der Waals surface area contributed by atoms with Crippen LogP contribution in [-0.2, 0) is 40.1 Å². The Kier molecular flexibility index (Phi) is 35.6. The predicted octanol–water partition coefficient (Wildman–Crippen LogP) is 16.0. The Morgan fingerprint density at radius 2 is 0.655 bits per heavy atom. The van der Waals surface area contributed by atoms with Gasteiger partial charge in [-0.15, -0.1) is 45.3 Å². The largest absolute Gasteiger partial charge is 0.435 e. The number of H-pyrrole nitrogens is 2. The van der Waals surface area contributed by atoms with Gasteiger partial charge in [0.25, 0.3) is 23.6 Å². The number of pyridine rings is 2. The Morgan fingerprint density at radius 1 is 0.366 bits per heavy atom. The Hall–Kier alpha value is -11.5. The molecule has 18 rings (SSSR count). The summed E-state index contributed by atoms with van der Waals surface area (Å²) >= 11 is 10.8. The lowest BCUT2D eigenvalue weighted by Crippen LogP contribution is -2.44. The number of anilines is 8. The molecule has 0 aliphatic carbocycles. The molecule has 4 aliphatic rings. The van der Waals surface area contributed by atoms with E-state index < -0.39 is 53.3 Å². The first-order chi connectivity index (χ1) is 68.0. The maximum absolute atomic E-state index is 13.0. The Labute approximate surface area is 848 Å². The van der Waals surface area contributed by atoms with Crippen molar-refractivity contribution in [3.63, 3.8) is 0 Å². The smallest absolute Gasteiger partial charge is 0.387 e. The van der Waals surface area contributed by atoms with Crippen molar-refractivity contribution in [3.8, 4) is 11.5 Å². The number of sulfonamides is 4. The molecule has 0 unspecified atom stereocenters. The van der Waals surface area contributed by atoms with Crippen LogP contribution >= 0.6 is 92.4 Å². The van der Waals surface area contributed by atoms with Gasteiger partial charge in [0.15, 0.2) is 27.7 Å². The van der Waals surface area contributed by atoms with E-state index in [0.717, 1.165) is 53.9 Å². The quantitative estimate of drug-likeness (QED) is 0.0175. The lowest BCUT2D eigenvalue weighted by atomic mass is 10.0. The number of nitrogens with zero attached hydrogens (tertiary/aromatic N) is 12. The monoisotopic (exact) mass is 2170 g/mol. The van der Waals surface area contributed by atoms with Gasteiger partial charge in [0.2, 0.25) is 40.1 Å². The summed E-state index contributed by atoms with van der Waals surface area (Å²) in [4.78, 5) is 102. The number of alkyl halides is 4. The van der Waals surface area contributed by atoms with Crippen molar-refractivity contribution in [3.05, 3.63) is 227 Å². The SMILES string of the molecule is CS(=O)(=O)NC1CCN(c2ccccc2NC(=O)c2csc(Sc3ccccn3)n2)CC1.CS(=O)(=O)NC1CCN(c2ccccc2NC(=O)c2csc(Sc3ccncc3)n2)CC1.CS(=O)(=O)NC1CCN(c2ccccc2NC(=O)c2csc(Sc3nc4ccc(OC(F)F)cc4[nH]3)n2)CC1.CS(=O)(=O)NC1CCN(c2ccccc2NC(=O)c2csc(Sc3nc4ccc(OC(F)F)cc4[nH]3)n2)CC1. The summed E-state index contributed by atoms with van der Waals surface area (Å²) in [6.45, 7) is -0.466. The highest BCUT2D eigenvalue weighted by atomic mass is 32.2. The number of carbonyl (C=O) groups excluding carboxylic acids is 4. The third kappa shape index (κ3) is 31.3. The number of para-hydroxylation sites is 8. The summed E-state index contributed by atoms with van der Waals surface area (Å²) in [6.07, 6.45) is 15.3. The number of benzene rings is 6. The highest BCUT2D eigenvalue weighted by Gasteiger charge is 2.31. The van der Waals surface area contributed by atoms with Gasteiger partial charge in [-0.05, 0) is 184 Å². The van der Waals surface area contributed by atoms with E-state index in [2.05, 4.69) is 119 Å². The molecule has 748 valence electrons. The van der Waals surface area contributed by atoms with E-state index in [0.29, 0.717) is 179 Å². The minimum atomic E-state index is -3.26. The number of imidazole rings is 2. The molecule has 14 aromatic rings. The molecule has 4 amide bonds. The zero-order chi connectivity index (χ0) is 100. The number of halogens is 4. The van der Waals surface area contributed by atoms with Crippen LogP contribution in [-0.4, -0.2) is 222 Å². The second kappa shape index (κ2) is 48.3. The molecule has 0 spiro atoms. The topological polar surface area (TPSA) is 467 Å². The normalized spacial score (nSPS) is 14.8. The molecular formula is C90H94F4N22O14S12. The number of carbonyl (C=O) groups is 4. The van der Waals surface area contributed by atoms with Crippen LogP contribution in [0.3, 0.4) is 0 Å². The van der Waals surface area contributed by atoms with Crippen LogP contribution in [0.15, 0.2) is 241 Å². The molecule has 4 aliphatic heterocycles. The number of hydrogen-bond donors (Lipinski definition) is 10. The molecule has 4 saturated heterocycles. The molecule has 8 aromatic heterocycles. The summed E-state index contributed by atoms with van der Waals surface area (Å²) < 4.78 is 164. The van der Waals surface area contributed by atoms with E-state index in [1.807, 2.05) is 127 Å². The van der Waals surface area contributed by atoms with Gasteiger partial charge < -0.3 is 60.3 Å². The lowest BCUT2D eigenvalue weighted by Gasteiger charge is -2.34. The number of aromatic nitrogens is 10. The average molecular weight is 2170 g/mol. The molecule has 52 heteroatoms. The zero-order valence-electron chi connectivity index (χ0n) is 75.9. The van der Waals surface area contributed by atoms with Crippen LogP contribution in [0.4, 0.5) is 63.1 Å². The molecule has 0 atom stereocenters. The van der Waals surface area contributed by atoms with E-state index in [4.69, 9.17) is 0 Å². The highest BCUT2D eigenvalue weighted by molar-refractivity contribution is 8.01. The minimum absolute atomic E-state index is 0.0288. The standard InChI is InChI=1S/2C24H24F2N6O4S3.2C21H23N5O3S3/c2*1-39(34,35)31-14-8-10-32(11-9-14)20-5-3-2-4-17(20)27-21(33)19-13-37-24(30-19)38-23-28-16-7-6-15(36-22(25)26)12-18(16)29-23;1-32(28,29)25-15-9-12-26(13-10-15)18-7-3-2-6-16(18)23-20(27)17-14-30-21(24-17)31-19-8-4-5-11-22-19;1-32(28,29)25-15-8-12-26(13-9-15)19-5-3-2-4-17(19)23-20(27)18-14-30-21(24-18)31-16-6-10-22-11-7-16/h2*2-7,12-14,22,31H,8-11H2,1H3,(H,27,33)(H,28,29);2-8,11,14-15,25H,9-10,12-13H2,1H3,(H,23,27);2-7,10-11,14-15,25H,8-9,12-13H2,1H3,(H,23,27). The van der Waals surface area contributed by atoms with Gasteiger partial charge in [0, 0.05) is 134 Å². The predicted molar refractivity (Wildman–Crippen MR) is 549 cm³/mol. The second-order valence-electron chi connectivity index (χ2n) is 32.4. The van der Waals surface area contributed by atoms with Crippen molar-refractivity contribution < 1.29 is 79.9 Å². The number of amides is 4. The summed E-state index contributed by atoms with van der Waals surface area (Å²) in [6, 6.07) is 48.2. The summed E-state index contributed by atoms with van der Waals surface area (Å²) in [5, 5.41) is 20.5. The van der Waals surface area contributed by atoms with E-state index in [1.165, 1.54) is 129 Å². The van der Waals surface area contributed by atoms with E-state index in [-0.39, 0.29) is 70.7 Å². The second-order valence-corrected chi connectivity index (χ2v) is 48.1. The number of hydrogen-bond acceptors (Lipinski definition) is 34. The molecule has 36 nitrogen and oxygen atoms in total. The van der Waals surface area contributed by atoms with Crippen molar-refractivity contribution >= 4 is 224 Å². The first kappa shape index (κ1) is 105. The van der Waals surface area contributed by atoms with Crippen LogP contribution < -0.4 is 69.2 Å². The van der Waals surface area contributed by atoms with Gasteiger partial charge in [0.05, 0.1) is 92.6 Å². The van der Waals surface area contributed by atoms with E-state index in [9.17, 15) is 70.4 Å². The third-order valence-electron chi connectivity index (χ3n) is 21.7. The third-order valence-corrected chi connectivity index (χ3v) is 32.2. The maximum atomic E-state index is 13.0. The molecule has 4 fully saturated rings. The first-order valence-electron chi connectivity index (χ1n) is 43.7. The van der Waals surface area contributed by atoms with Gasteiger partial charge in [0.1, 0.15) is 39.3 Å². The number of rotatable bonds is 32. The fraction of sp³-hybridized carbons (Fsp3) is 0.289. The van der Waals surface area contributed by atoms with Crippen molar-refractivity contribution in [1.82, 2.24) is 68.7 Å². The average Bonchev–Trinajstić information content (AvgIpc) is 1.62. The van der Waals surface area contributed by atoms with Crippen LogP contribution in [0.1, 0.15) is 93.3 Å². The minimum Gasteiger partial charge on any atom is -0.435 e. The van der Waals surface area contributed by atoms with E-state index >= 15 is 0 Å². The van der Waals surface area contributed by atoms with Crippen molar-refractivity contribution in [2.75, 3.05) is 118 Å². The lowest BCUT2D eigenvalue weighted by molar-refractivity contribution is -0.0504. The summed E-state index contributed by atoms with van der Waals surface area (Å²) in [5.41, 5.74) is 9.71. The van der Waals surface area contributed by atoms with Crippen LogP contribution in [0, 0.1) is 0 Å². The fourth-order valence-electron chi connectivity index (χ4n) is 15.5. The molecule has 0 saturated carbocycles. The molecular weight excluding hydrogens is 2070 g/mol. The van der Waals surface area contributed by atoms with Gasteiger partial charge >= 0.3 is 13.2 Å². The van der Waals surface area contributed by atoms with Crippen molar-refractivity contribution in [2.24, 2.45) is 0 Å². The van der Waals surface area contributed by atoms with Crippen LogP contribution in [0.25, 0.3) is 22.1 Å². The summed E-state index contributed by atoms with van der Waals surface area (Å²) in [5.74, 6) is -1.20. The van der Waals surface area contributed by atoms with Crippen molar-refractivity contribution in [2.45, 2.75) is 126 Å². The van der Waals surface area contributed by atoms with Crippen LogP contribution in [0.2, 0.25) is 0 Å². The van der Waals surface area contributed by atoms with Crippen molar-refractivity contribution in [1.29, 1.82) is 0 Å². The van der Waals surface area contributed by atoms with Gasteiger partial charge in [-0.1, -0.05) is 66.4 Å². The molecule has 12 heterocycles. The Bertz CT molecular complexity index is 6790. The van der Waals surface area contributed by atoms with E-state index in [1.54, 1.807) is 52.2 Å². The molecule has 6 aromatic carbocycles. The fourth-order valence-corrected chi connectivity index (χ4v) is 25.8. The number of piperidine rings is 4. The number of ether oxygens (including phenoxy) is 2. The summed E-state index contributed by atoms with van der Waals surface area (Å²) in [7, 11) is -13.0. The van der Waals surface area contributed by atoms with Gasteiger partial charge in [-0.25, -0.2) is 87.4 Å².